The van der Waals surface area contributed by atoms with Gasteiger partial charge in [0.25, 0.3) is 0 Å². The first-order chi connectivity index (χ1) is 24.8. The lowest BCUT2D eigenvalue weighted by Gasteiger charge is -2.13. The molecule has 0 saturated heterocycles. The zero-order chi connectivity index (χ0) is 36.3. The molecule has 4 aromatic rings. The van der Waals surface area contributed by atoms with E-state index in [0.29, 0.717) is 56.1 Å². The molecule has 0 aromatic heterocycles. The molecule has 9 heteroatoms. The summed E-state index contributed by atoms with van der Waals surface area (Å²) >= 11 is 0. The van der Waals surface area contributed by atoms with Gasteiger partial charge in [0.15, 0.2) is 0 Å². The molecule has 0 fully saturated rings. The summed E-state index contributed by atoms with van der Waals surface area (Å²) in [5.74, 6) is 1.50. The first-order valence-corrected chi connectivity index (χ1v) is 18.1. The maximum absolute atomic E-state index is 12.1. The number of carbonyl (C=O) groups excluding carboxylic acids is 3. The van der Waals surface area contributed by atoms with E-state index in [4.69, 9.17) is 14.2 Å². The number of rotatable bonds is 18. The summed E-state index contributed by atoms with van der Waals surface area (Å²) in [6.45, 7) is 7.99. The molecular formula is C42H51N3O6. The highest BCUT2D eigenvalue weighted by molar-refractivity contribution is 5.71. The quantitative estimate of drug-likeness (QED) is 0.0896. The predicted molar refractivity (Wildman–Crippen MR) is 201 cm³/mol. The Labute approximate surface area is 302 Å². The van der Waals surface area contributed by atoms with Crippen LogP contribution in [0.5, 0.6) is 17.2 Å². The predicted octanol–water partition coefficient (Wildman–Crippen LogP) is 9.12. The molecule has 270 valence electrons. The summed E-state index contributed by atoms with van der Waals surface area (Å²) in [6, 6.07) is 29.5. The lowest BCUT2D eigenvalue weighted by molar-refractivity contribution is 0.199. The number of ether oxygens (including phenoxy) is 3. The second kappa shape index (κ2) is 21.0. The van der Waals surface area contributed by atoms with Crippen molar-refractivity contribution >= 4 is 18.3 Å². The van der Waals surface area contributed by atoms with Crippen LogP contribution in [0, 0.1) is 0 Å². The lowest BCUT2D eigenvalue weighted by atomic mass is 9.94. The zero-order valence-electron chi connectivity index (χ0n) is 30.1. The van der Waals surface area contributed by atoms with Crippen LogP contribution in [-0.4, -0.2) is 37.9 Å². The number of carbonyl (C=O) groups is 3. The van der Waals surface area contributed by atoms with E-state index in [1.165, 1.54) is 0 Å². The first-order valence-electron chi connectivity index (χ1n) is 18.1. The van der Waals surface area contributed by atoms with Crippen LogP contribution >= 0.6 is 0 Å². The molecule has 3 N–H and O–H groups in total. The van der Waals surface area contributed by atoms with E-state index in [0.717, 1.165) is 71.9 Å². The maximum Gasteiger partial charge on any atom is 0.412 e. The highest BCUT2D eigenvalue weighted by Gasteiger charge is 2.10. The summed E-state index contributed by atoms with van der Waals surface area (Å²) in [5.41, 5.74) is 6.74. The Bertz CT molecular complexity index is 1460. The second-order valence-corrected chi connectivity index (χ2v) is 12.6. The summed E-state index contributed by atoms with van der Waals surface area (Å²) in [4.78, 5) is 36.3. The van der Waals surface area contributed by atoms with Crippen LogP contribution in [-0.2, 0) is 19.3 Å². The number of hydrogen-bond acceptors (Lipinski definition) is 6. The average Bonchev–Trinajstić information content (AvgIpc) is 3.11. The fraction of sp³-hybridized carbons (Fsp3) is 0.357. The molecule has 0 atom stereocenters. The third-order valence-electron chi connectivity index (χ3n) is 8.14. The van der Waals surface area contributed by atoms with Crippen molar-refractivity contribution in [3.63, 3.8) is 0 Å². The van der Waals surface area contributed by atoms with Crippen molar-refractivity contribution in [1.82, 2.24) is 16.0 Å². The Morgan fingerprint density at radius 2 is 0.667 bits per heavy atom. The van der Waals surface area contributed by atoms with Crippen LogP contribution in [0.15, 0.2) is 91.0 Å². The minimum absolute atomic E-state index is 0.446. The van der Waals surface area contributed by atoms with Crippen molar-refractivity contribution < 1.29 is 28.6 Å². The van der Waals surface area contributed by atoms with Crippen molar-refractivity contribution in [3.05, 3.63) is 124 Å². The highest BCUT2D eigenvalue weighted by Crippen LogP contribution is 2.23. The van der Waals surface area contributed by atoms with E-state index in [-0.39, 0.29) is 0 Å². The van der Waals surface area contributed by atoms with Crippen molar-refractivity contribution in [2.75, 3.05) is 19.6 Å². The van der Waals surface area contributed by atoms with Crippen LogP contribution in [0.2, 0.25) is 0 Å². The lowest BCUT2D eigenvalue weighted by Crippen LogP contribution is -2.27. The normalized spacial score (nSPS) is 10.6. The van der Waals surface area contributed by atoms with Gasteiger partial charge in [-0.25, -0.2) is 14.4 Å². The summed E-state index contributed by atoms with van der Waals surface area (Å²) in [5, 5.41) is 8.31. The monoisotopic (exact) mass is 693 g/mol. The smallest absolute Gasteiger partial charge is 0.410 e. The van der Waals surface area contributed by atoms with Crippen LogP contribution < -0.4 is 30.2 Å². The van der Waals surface area contributed by atoms with Gasteiger partial charge in [-0.2, -0.15) is 0 Å². The summed E-state index contributed by atoms with van der Waals surface area (Å²) in [6.07, 6.45) is 6.47. The van der Waals surface area contributed by atoms with E-state index < -0.39 is 18.3 Å². The number of nitrogens with one attached hydrogen (secondary N) is 3. The van der Waals surface area contributed by atoms with Crippen molar-refractivity contribution in [2.45, 2.75) is 78.6 Å². The Balaban J connectivity index is 1.47. The van der Waals surface area contributed by atoms with Crippen LogP contribution in [0.25, 0.3) is 0 Å². The topological polar surface area (TPSA) is 115 Å². The number of unbranched alkanes of at least 4 members (excludes halogenated alkanes) is 3. The first kappa shape index (κ1) is 38.5. The molecule has 51 heavy (non-hydrogen) atoms. The highest BCUT2D eigenvalue weighted by atomic mass is 16.6. The van der Waals surface area contributed by atoms with Crippen LogP contribution in [0.3, 0.4) is 0 Å². The van der Waals surface area contributed by atoms with Gasteiger partial charge in [0.05, 0.1) is 0 Å². The van der Waals surface area contributed by atoms with Gasteiger partial charge < -0.3 is 30.2 Å². The Morgan fingerprint density at radius 3 is 0.902 bits per heavy atom. The van der Waals surface area contributed by atoms with Gasteiger partial charge in [-0.1, -0.05) is 94.6 Å². The molecule has 3 amide bonds. The van der Waals surface area contributed by atoms with Gasteiger partial charge in [-0.3, -0.25) is 0 Å². The minimum atomic E-state index is -0.446. The van der Waals surface area contributed by atoms with Gasteiger partial charge in [0, 0.05) is 19.6 Å². The molecule has 0 unspecified atom stereocenters. The van der Waals surface area contributed by atoms with Crippen molar-refractivity contribution in [3.8, 4) is 17.2 Å². The van der Waals surface area contributed by atoms with Crippen molar-refractivity contribution in [1.29, 1.82) is 0 Å². The molecule has 9 nitrogen and oxygen atoms in total. The standard InChI is InChI=1S/C42H51N3O6/c1-4-7-22-43-40(46)49-37-16-10-31(11-17-37)25-34-28-35(26-32-12-18-38(19-13-32)50-41(47)44-23-8-5-2)30-36(29-34)27-33-14-20-39(21-15-33)51-42(48)45-24-9-6-3/h10-21,28-30H,4-9,22-27H2,1-3H3,(H,43,46)(H,44,47)(H,45,48). The van der Waals surface area contributed by atoms with E-state index >= 15 is 0 Å². The minimum Gasteiger partial charge on any atom is -0.410 e. The van der Waals surface area contributed by atoms with E-state index in [1.807, 2.05) is 72.8 Å². The van der Waals surface area contributed by atoms with Gasteiger partial charge in [-0.05, 0) is 108 Å². The van der Waals surface area contributed by atoms with Gasteiger partial charge >= 0.3 is 18.3 Å². The molecule has 0 bridgehead atoms. The molecule has 0 aliphatic rings. The van der Waals surface area contributed by atoms with Gasteiger partial charge in [-0.15, -0.1) is 0 Å². The fourth-order valence-electron chi connectivity index (χ4n) is 5.41. The van der Waals surface area contributed by atoms with Crippen LogP contribution in [0.1, 0.15) is 92.7 Å². The number of amides is 3. The average molecular weight is 694 g/mol. The van der Waals surface area contributed by atoms with Crippen molar-refractivity contribution in [2.24, 2.45) is 0 Å². The van der Waals surface area contributed by atoms with E-state index in [1.54, 1.807) is 0 Å². The molecule has 0 heterocycles. The van der Waals surface area contributed by atoms with Gasteiger partial charge in [0.1, 0.15) is 17.2 Å². The Kier molecular flexibility index (Phi) is 15.9. The van der Waals surface area contributed by atoms with Crippen LogP contribution in [0.4, 0.5) is 14.4 Å². The molecule has 0 spiro atoms. The molecule has 0 radical (unpaired) electrons. The zero-order valence-corrected chi connectivity index (χ0v) is 30.1. The maximum atomic E-state index is 12.1. The SMILES string of the molecule is CCCCNC(=O)Oc1ccc(Cc2cc(Cc3ccc(OC(=O)NCCCC)cc3)cc(Cc3ccc(OC(=O)NCCCC)cc3)c2)cc1. The van der Waals surface area contributed by atoms with E-state index in [2.05, 4.69) is 54.9 Å². The Hall–Kier alpha value is -5.31. The number of hydrogen-bond donors (Lipinski definition) is 3. The van der Waals surface area contributed by atoms with E-state index in [9.17, 15) is 14.4 Å². The molecular weight excluding hydrogens is 642 g/mol. The molecule has 0 saturated carbocycles. The fourth-order valence-corrected chi connectivity index (χ4v) is 5.41. The summed E-state index contributed by atoms with van der Waals surface area (Å²) in [7, 11) is 0. The molecule has 0 aliphatic heterocycles. The number of benzene rings is 4. The third kappa shape index (κ3) is 14.2. The largest absolute Gasteiger partial charge is 0.412 e. The molecule has 4 aromatic carbocycles. The second-order valence-electron chi connectivity index (χ2n) is 12.6. The van der Waals surface area contributed by atoms with Gasteiger partial charge in [0.2, 0.25) is 0 Å². The molecule has 4 rings (SSSR count). The Morgan fingerprint density at radius 1 is 0.412 bits per heavy atom. The molecule has 0 aliphatic carbocycles. The third-order valence-corrected chi connectivity index (χ3v) is 8.14. The summed E-state index contributed by atoms with van der Waals surface area (Å²) < 4.78 is 16.3.